The first kappa shape index (κ1) is 13.9. The van der Waals surface area contributed by atoms with Crippen molar-refractivity contribution in [3.63, 3.8) is 0 Å². The molecule has 0 aliphatic carbocycles. The minimum Gasteiger partial charge on any atom is -0.483 e. The van der Waals surface area contributed by atoms with E-state index in [1.807, 2.05) is 29.2 Å². The van der Waals surface area contributed by atoms with Crippen LogP contribution in [0.4, 0.5) is 0 Å². The van der Waals surface area contributed by atoms with Crippen molar-refractivity contribution in [2.75, 3.05) is 19.7 Å². The summed E-state index contributed by atoms with van der Waals surface area (Å²) in [6.45, 7) is 4.41. The molecule has 1 fully saturated rings. The standard InChI is InChI=1S/C15H22N2O2/c1-12-5-4-8-17(10-12)15(18)11-19-14-7-3-2-6-13(14)9-16/h2-3,6-7,12H,4-5,8-11,16H2,1H3. The van der Waals surface area contributed by atoms with Crippen LogP contribution in [0, 0.1) is 5.92 Å². The number of carbonyl (C=O) groups is 1. The third-order valence-corrected chi connectivity index (χ3v) is 3.55. The molecule has 1 aromatic carbocycles. The van der Waals surface area contributed by atoms with Gasteiger partial charge in [-0.3, -0.25) is 4.79 Å². The Morgan fingerprint density at radius 3 is 3.00 bits per heavy atom. The summed E-state index contributed by atoms with van der Waals surface area (Å²) in [5.41, 5.74) is 6.58. The first-order chi connectivity index (χ1) is 9.20. The molecule has 0 radical (unpaired) electrons. The third-order valence-electron chi connectivity index (χ3n) is 3.55. The van der Waals surface area contributed by atoms with Crippen LogP contribution >= 0.6 is 0 Å². The fourth-order valence-electron chi connectivity index (χ4n) is 2.46. The van der Waals surface area contributed by atoms with E-state index in [2.05, 4.69) is 6.92 Å². The van der Waals surface area contributed by atoms with E-state index in [1.54, 1.807) is 0 Å². The predicted octanol–water partition coefficient (Wildman–Crippen LogP) is 1.78. The van der Waals surface area contributed by atoms with Gasteiger partial charge < -0.3 is 15.4 Å². The van der Waals surface area contributed by atoms with Crippen molar-refractivity contribution in [2.24, 2.45) is 11.7 Å². The fourth-order valence-corrected chi connectivity index (χ4v) is 2.46. The zero-order chi connectivity index (χ0) is 13.7. The molecule has 2 N–H and O–H groups in total. The molecule has 1 amide bonds. The molecule has 0 aromatic heterocycles. The molecule has 0 bridgehead atoms. The lowest BCUT2D eigenvalue weighted by Gasteiger charge is -2.30. The zero-order valence-electron chi connectivity index (χ0n) is 11.5. The fraction of sp³-hybridized carbons (Fsp3) is 0.533. The second-order valence-electron chi connectivity index (χ2n) is 5.19. The number of nitrogens with two attached hydrogens (primary N) is 1. The van der Waals surface area contributed by atoms with Gasteiger partial charge in [0.05, 0.1) is 0 Å². The van der Waals surface area contributed by atoms with Crippen molar-refractivity contribution in [2.45, 2.75) is 26.3 Å². The van der Waals surface area contributed by atoms with Gasteiger partial charge in [0.2, 0.25) is 0 Å². The summed E-state index contributed by atoms with van der Waals surface area (Å²) in [6.07, 6.45) is 2.30. The highest BCUT2D eigenvalue weighted by Crippen LogP contribution is 2.18. The molecule has 0 spiro atoms. The average molecular weight is 262 g/mol. The molecule has 19 heavy (non-hydrogen) atoms. The van der Waals surface area contributed by atoms with Crippen molar-refractivity contribution >= 4 is 5.91 Å². The molecule has 4 heteroatoms. The van der Waals surface area contributed by atoms with E-state index in [0.717, 1.165) is 25.1 Å². The van der Waals surface area contributed by atoms with Gasteiger partial charge in [-0.15, -0.1) is 0 Å². The summed E-state index contributed by atoms with van der Waals surface area (Å²) in [5.74, 6) is 1.37. The van der Waals surface area contributed by atoms with Crippen molar-refractivity contribution in [3.05, 3.63) is 29.8 Å². The Hall–Kier alpha value is -1.55. The topological polar surface area (TPSA) is 55.6 Å². The van der Waals surface area contributed by atoms with Gasteiger partial charge in [0.15, 0.2) is 6.61 Å². The SMILES string of the molecule is CC1CCCN(C(=O)COc2ccccc2CN)C1. The summed E-state index contributed by atoms with van der Waals surface area (Å²) in [5, 5.41) is 0. The van der Waals surface area contributed by atoms with Crippen molar-refractivity contribution in [3.8, 4) is 5.75 Å². The zero-order valence-corrected chi connectivity index (χ0v) is 11.5. The van der Waals surface area contributed by atoms with Crippen LogP contribution in [-0.4, -0.2) is 30.5 Å². The molecule has 1 unspecified atom stereocenters. The molecule has 1 aromatic rings. The predicted molar refractivity (Wildman–Crippen MR) is 74.8 cm³/mol. The molecule has 1 aliphatic rings. The lowest BCUT2D eigenvalue weighted by molar-refractivity contribution is -0.135. The average Bonchev–Trinajstić information content (AvgIpc) is 2.45. The summed E-state index contributed by atoms with van der Waals surface area (Å²) < 4.78 is 5.61. The first-order valence-electron chi connectivity index (χ1n) is 6.89. The monoisotopic (exact) mass is 262 g/mol. The molecule has 4 nitrogen and oxygen atoms in total. The van der Waals surface area contributed by atoms with Crippen molar-refractivity contribution in [1.29, 1.82) is 0 Å². The number of rotatable bonds is 4. The summed E-state index contributed by atoms with van der Waals surface area (Å²) in [4.78, 5) is 14.0. The van der Waals surface area contributed by atoms with Gasteiger partial charge in [0, 0.05) is 25.2 Å². The normalized spacial score (nSPS) is 19.3. The number of carbonyl (C=O) groups excluding carboxylic acids is 1. The quantitative estimate of drug-likeness (QED) is 0.900. The first-order valence-corrected chi connectivity index (χ1v) is 6.89. The highest BCUT2D eigenvalue weighted by Gasteiger charge is 2.21. The molecular formula is C15H22N2O2. The van der Waals surface area contributed by atoms with E-state index < -0.39 is 0 Å². The Kier molecular flexibility index (Phi) is 4.80. The van der Waals surface area contributed by atoms with E-state index in [-0.39, 0.29) is 12.5 Å². The summed E-state index contributed by atoms with van der Waals surface area (Å²) in [7, 11) is 0. The largest absolute Gasteiger partial charge is 0.483 e. The maximum atomic E-state index is 12.1. The number of likely N-dealkylation sites (tertiary alicyclic amines) is 1. The maximum Gasteiger partial charge on any atom is 0.260 e. The van der Waals surface area contributed by atoms with Crippen LogP contribution in [0.25, 0.3) is 0 Å². The van der Waals surface area contributed by atoms with E-state index in [9.17, 15) is 4.79 Å². The van der Waals surface area contributed by atoms with E-state index in [4.69, 9.17) is 10.5 Å². The number of nitrogens with zero attached hydrogens (tertiary/aromatic N) is 1. The molecular weight excluding hydrogens is 240 g/mol. The number of hydrogen-bond donors (Lipinski definition) is 1. The van der Waals surface area contributed by atoms with Gasteiger partial charge in [-0.05, 0) is 24.8 Å². The highest BCUT2D eigenvalue weighted by atomic mass is 16.5. The minimum atomic E-state index is 0.0679. The number of amides is 1. The van der Waals surface area contributed by atoms with E-state index >= 15 is 0 Å². The van der Waals surface area contributed by atoms with Gasteiger partial charge in [0.25, 0.3) is 5.91 Å². The van der Waals surface area contributed by atoms with Crippen LogP contribution in [0.1, 0.15) is 25.3 Å². The maximum absolute atomic E-state index is 12.1. The highest BCUT2D eigenvalue weighted by molar-refractivity contribution is 5.77. The van der Waals surface area contributed by atoms with Crippen LogP contribution in [-0.2, 0) is 11.3 Å². The lowest BCUT2D eigenvalue weighted by atomic mass is 10.0. The second kappa shape index (κ2) is 6.57. The lowest BCUT2D eigenvalue weighted by Crippen LogP contribution is -2.41. The van der Waals surface area contributed by atoms with Gasteiger partial charge >= 0.3 is 0 Å². The van der Waals surface area contributed by atoms with E-state index in [0.29, 0.717) is 18.2 Å². The van der Waals surface area contributed by atoms with Gasteiger partial charge in [0.1, 0.15) is 5.75 Å². The Morgan fingerprint density at radius 2 is 2.26 bits per heavy atom. The Bertz CT molecular complexity index is 434. The van der Waals surface area contributed by atoms with Crippen molar-refractivity contribution in [1.82, 2.24) is 4.90 Å². The molecule has 1 aliphatic heterocycles. The molecule has 1 atom stereocenters. The molecule has 1 saturated heterocycles. The number of hydrogen-bond acceptors (Lipinski definition) is 3. The molecule has 0 saturated carbocycles. The molecule has 1 heterocycles. The summed E-state index contributed by atoms with van der Waals surface area (Å²) in [6, 6.07) is 7.59. The number of benzene rings is 1. The minimum absolute atomic E-state index is 0.0679. The van der Waals surface area contributed by atoms with Crippen LogP contribution in [0.3, 0.4) is 0 Å². The smallest absolute Gasteiger partial charge is 0.260 e. The Balaban J connectivity index is 1.89. The molecule has 2 rings (SSSR count). The number of ether oxygens (including phenoxy) is 1. The van der Waals surface area contributed by atoms with Crippen LogP contribution in [0.15, 0.2) is 24.3 Å². The van der Waals surface area contributed by atoms with Gasteiger partial charge in [-0.1, -0.05) is 25.1 Å². The second-order valence-corrected chi connectivity index (χ2v) is 5.19. The number of para-hydroxylation sites is 1. The van der Waals surface area contributed by atoms with Crippen molar-refractivity contribution < 1.29 is 9.53 Å². The van der Waals surface area contributed by atoms with Crippen LogP contribution in [0.2, 0.25) is 0 Å². The van der Waals surface area contributed by atoms with Crippen LogP contribution in [0.5, 0.6) is 5.75 Å². The Labute approximate surface area is 114 Å². The third kappa shape index (κ3) is 3.70. The van der Waals surface area contributed by atoms with E-state index in [1.165, 1.54) is 6.42 Å². The van der Waals surface area contributed by atoms with Gasteiger partial charge in [-0.2, -0.15) is 0 Å². The van der Waals surface area contributed by atoms with Crippen LogP contribution < -0.4 is 10.5 Å². The van der Waals surface area contributed by atoms with Gasteiger partial charge in [-0.25, -0.2) is 0 Å². The Morgan fingerprint density at radius 1 is 1.47 bits per heavy atom. The number of piperidine rings is 1. The molecule has 104 valence electrons. The summed E-state index contributed by atoms with van der Waals surface area (Å²) >= 11 is 0.